The van der Waals surface area contributed by atoms with E-state index in [1.807, 2.05) is 0 Å². The molecule has 210 valence electrons. The summed E-state index contributed by atoms with van der Waals surface area (Å²) in [6.45, 7) is -2.79. The molecule has 3 heterocycles. The molecule has 2 aliphatic heterocycles. The van der Waals surface area contributed by atoms with E-state index in [1.54, 1.807) is 6.07 Å². The van der Waals surface area contributed by atoms with Gasteiger partial charge in [0.25, 0.3) is 17.9 Å². The first-order valence-corrected chi connectivity index (χ1v) is 13.5. The van der Waals surface area contributed by atoms with E-state index in [9.17, 15) is 47.4 Å². The lowest BCUT2D eigenvalue weighted by molar-refractivity contribution is -0.148. The van der Waals surface area contributed by atoms with E-state index in [4.69, 9.17) is 17.0 Å². The van der Waals surface area contributed by atoms with Crippen LogP contribution in [0.3, 0.4) is 0 Å². The first kappa shape index (κ1) is 29.4. The number of carboxylic acids is 2. The molecule has 0 saturated carbocycles. The van der Waals surface area contributed by atoms with Gasteiger partial charge in [-0.3, -0.25) is 33.4 Å². The smallest absolute Gasteiger partial charge is 0.406 e. The highest BCUT2D eigenvalue weighted by molar-refractivity contribution is 8.30. The normalized spacial score (nSPS) is 18.1. The highest BCUT2D eigenvalue weighted by atomic mass is 32.2. The predicted molar refractivity (Wildman–Crippen MR) is 143 cm³/mol. The number of halogens is 3. The fourth-order valence-corrected chi connectivity index (χ4v) is 7.10. The third-order valence-electron chi connectivity index (χ3n) is 5.14. The second-order valence-corrected chi connectivity index (χ2v) is 11.6. The lowest BCUT2D eigenvalue weighted by Crippen LogP contribution is -2.38. The molecule has 0 unspecified atom stereocenters. The van der Waals surface area contributed by atoms with Crippen molar-refractivity contribution in [3.05, 3.63) is 48.9 Å². The van der Waals surface area contributed by atoms with Crippen LogP contribution in [0.4, 0.5) is 18.9 Å². The van der Waals surface area contributed by atoms with Crippen molar-refractivity contribution < 1.29 is 47.3 Å². The van der Waals surface area contributed by atoms with Crippen molar-refractivity contribution >= 4 is 92.4 Å². The molecular weight excluding hydrogens is 620 g/mol. The quantitative estimate of drug-likeness (QED) is 0.320. The maximum Gasteiger partial charge on any atom is 0.406 e. The molecule has 0 atom stereocenters. The van der Waals surface area contributed by atoms with Gasteiger partial charge in [0, 0.05) is 11.0 Å². The van der Waals surface area contributed by atoms with Crippen molar-refractivity contribution in [2.75, 3.05) is 18.0 Å². The molecule has 0 aliphatic carbocycles. The number of fused-ring (bicyclic) bond motifs is 1. The Hall–Kier alpha value is -3.61. The molecule has 1 saturated heterocycles. The van der Waals surface area contributed by atoms with Crippen LogP contribution in [-0.4, -0.2) is 67.6 Å². The van der Waals surface area contributed by atoms with E-state index in [0.717, 1.165) is 16.3 Å². The zero-order chi connectivity index (χ0) is 29.4. The second kappa shape index (κ2) is 11.5. The Kier molecular flexibility index (Phi) is 8.43. The Labute approximate surface area is 238 Å². The largest absolute Gasteiger partial charge is 0.480 e. The average Bonchev–Trinajstić information content (AvgIpc) is 3.44. The number of thioether (sulfide) groups is 2. The van der Waals surface area contributed by atoms with Gasteiger partial charge in [-0.1, -0.05) is 35.7 Å². The molecule has 0 bridgehead atoms. The fourth-order valence-electron chi connectivity index (χ4n) is 3.60. The van der Waals surface area contributed by atoms with Gasteiger partial charge in [0.2, 0.25) is 0 Å². The van der Waals surface area contributed by atoms with Crippen molar-refractivity contribution in [2.24, 2.45) is 0 Å². The number of carbonyl (C=O) groups is 4. The minimum atomic E-state index is -4.74. The highest BCUT2D eigenvalue weighted by Crippen LogP contribution is 2.47. The van der Waals surface area contributed by atoms with Crippen LogP contribution in [0.1, 0.15) is 0 Å². The third kappa shape index (κ3) is 6.24. The Bertz CT molecular complexity index is 1660. The van der Waals surface area contributed by atoms with Gasteiger partial charge in [0.15, 0.2) is 0 Å². The molecule has 1 aromatic heterocycles. The van der Waals surface area contributed by atoms with Crippen LogP contribution in [0.25, 0.3) is 11.0 Å². The van der Waals surface area contributed by atoms with Crippen molar-refractivity contribution in [1.82, 2.24) is 9.47 Å². The molecule has 2 aliphatic rings. The Morgan fingerprint density at radius 3 is 2.38 bits per heavy atom. The lowest BCUT2D eigenvalue weighted by Gasteiger charge is -2.17. The van der Waals surface area contributed by atoms with Gasteiger partial charge >= 0.3 is 18.1 Å². The first-order chi connectivity index (χ1) is 18.8. The zero-order valence-corrected chi connectivity index (χ0v) is 22.8. The highest BCUT2D eigenvalue weighted by Gasteiger charge is 2.41. The summed E-state index contributed by atoms with van der Waals surface area (Å²) in [7, 11) is 0. The molecule has 18 heteroatoms. The van der Waals surface area contributed by atoms with E-state index < -0.39 is 53.5 Å². The Morgan fingerprint density at radius 2 is 1.75 bits per heavy atom. The van der Waals surface area contributed by atoms with Crippen LogP contribution < -0.4 is 24.4 Å². The van der Waals surface area contributed by atoms with Gasteiger partial charge in [0.1, 0.15) is 39.3 Å². The molecule has 0 radical (unpaired) electrons. The fraction of sp³-hybridized carbons (Fsp3) is 0.182. The summed E-state index contributed by atoms with van der Waals surface area (Å²) < 4.78 is 43.8. The summed E-state index contributed by atoms with van der Waals surface area (Å²) >= 11 is 7.26. The van der Waals surface area contributed by atoms with Gasteiger partial charge in [0.05, 0.1) is 15.2 Å². The number of nitrogens with zero attached hydrogens (tertiary/aromatic N) is 3. The van der Waals surface area contributed by atoms with Crippen LogP contribution in [-0.2, 0) is 25.7 Å². The number of allylic oxidation sites excluding steroid dienone is 1. The minimum Gasteiger partial charge on any atom is -0.480 e. The number of hydrogen-bond acceptors (Lipinski definition) is 11. The molecule has 4 rings (SSSR count). The number of amides is 1. The number of aliphatic carboxylic acids is 2. The number of thiazole rings is 1. The standard InChI is InChI=1S/C22H14F3N3O8S4/c23-22(24,25)8-28-19(35)17(40-21(28)37)20-27(7-16(32)33)18(34)13(39-20)3-4-14-26(6-15(30)31)11-5-10(36-9-29)1-2-12(11)38-14/h1-5,9H,6-8H2,(H,30,31)(H,32,33)/b13-3?,14-4?,20-17-. The number of thiocarbonyl (C=S) groups is 1. The molecule has 2 N–H and O–H groups in total. The van der Waals surface area contributed by atoms with Gasteiger partial charge in [-0.2, -0.15) is 13.2 Å². The first-order valence-electron chi connectivity index (χ1n) is 10.7. The molecular formula is C22H14F3N3O8S4. The maximum atomic E-state index is 13.1. The lowest BCUT2D eigenvalue weighted by atomic mass is 10.2. The van der Waals surface area contributed by atoms with Gasteiger partial charge < -0.3 is 19.8 Å². The molecule has 40 heavy (non-hydrogen) atoms. The van der Waals surface area contributed by atoms with Crippen molar-refractivity contribution in [2.45, 2.75) is 17.6 Å². The monoisotopic (exact) mass is 633 g/mol. The van der Waals surface area contributed by atoms with Gasteiger partial charge in [-0.05, 0) is 24.3 Å². The number of carbonyl (C=O) groups excluding carboxylic acids is 2. The van der Waals surface area contributed by atoms with Crippen molar-refractivity contribution in [3.63, 3.8) is 0 Å². The summed E-state index contributed by atoms with van der Waals surface area (Å²) in [5, 5.41) is 19.1. The third-order valence-corrected chi connectivity index (χ3v) is 8.98. The number of alkyl halides is 3. The van der Waals surface area contributed by atoms with E-state index in [0.29, 0.717) is 43.6 Å². The summed E-state index contributed by atoms with van der Waals surface area (Å²) in [5.74, 6) is -3.56. The SMILES string of the molecule is O=COc1ccc2c(c1)N(CC(=O)O)C(=CC=c1s/c(=C3\SC(=S)N(CC(F)(F)F)C3=O)n(CC(=O)O)c1=O)S2. The zero-order valence-electron chi connectivity index (χ0n) is 19.5. The van der Waals surface area contributed by atoms with E-state index in [1.165, 1.54) is 29.2 Å². The van der Waals surface area contributed by atoms with E-state index in [2.05, 4.69) is 0 Å². The Morgan fingerprint density at radius 1 is 1.05 bits per heavy atom. The van der Waals surface area contributed by atoms with Crippen LogP contribution in [0, 0.1) is 0 Å². The van der Waals surface area contributed by atoms with E-state index in [-0.39, 0.29) is 26.3 Å². The number of aromatic nitrogens is 1. The van der Waals surface area contributed by atoms with Gasteiger partial charge in [-0.25, -0.2) is 0 Å². The van der Waals surface area contributed by atoms with Gasteiger partial charge in [-0.15, -0.1) is 11.3 Å². The topological polar surface area (TPSA) is 146 Å². The Balaban J connectivity index is 1.82. The number of anilines is 1. The molecule has 11 nitrogen and oxygen atoms in total. The predicted octanol–water partition coefficient (Wildman–Crippen LogP) is 1.38. The summed E-state index contributed by atoms with van der Waals surface area (Å²) in [5.41, 5.74) is -0.407. The van der Waals surface area contributed by atoms with Crippen LogP contribution in [0.2, 0.25) is 0 Å². The molecule has 1 fully saturated rings. The van der Waals surface area contributed by atoms with Crippen LogP contribution >= 0.6 is 47.1 Å². The van der Waals surface area contributed by atoms with Crippen LogP contribution in [0.15, 0.2) is 39.0 Å². The van der Waals surface area contributed by atoms with Crippen molar-refractivity contribution in [3.8, 4) is 5.75 Å². The number of carboxylic acid groups (broad SMARTS) is 2. The summed E-state index contributed by atoms with van der Waals surface area (Å²) in [6.07, 6.45) is -2.04. The molecule has 0 spiro atoms. The molecule has 1 aromatic carbocycles. The minimum absolute atomic E-state index is 0.0679. The molecule has 1 amide bonds. The number of benzene rings is 1. The second-order valence-electron chi connectivity index (χ2n) is 7.86. The molecule has 2 aromatic rings. The summed E-state index contributed by atoms with van der Waals surface area (Å²) in [6, 6.07) is 4.56. The maximum absolute atomic E-state index is 13.1. The number of ether oxygens (including phenoxy) is 1. The van der Waals surface area contributed by atoms with Crippen molar-refractivity contribution in [1.29, 1.82) is 0 Å². The average molecular weight is 634 g/mol. The number of hydrogen-bond donors (Lipinski definition) is 2. The number of rotatable bonds is 8. The van der Waals surface area contributed by atoms with E-state index >= 15 is 0 Å². The van der Waals surface area contributed by atoms with Crippen LogP contribution in [0.5, 0.6) is 5.75 Å². The summed E-state index contributed by atoms with van der Waals surface area (Å²) in [4.78, 5) is 61.6.